The Labute approximate surface area is 101 Å². The second kappa shape index (κ2) is 6.95. The molecule has 0 saturated carbocycles. The molecule has 0 radical (unpaired) electrons. The van der Waals surface area contributed by atoms with Gasteiger partial charge in [0.25, 0.3) is 0 Å². The Morgan fingerprint density at radius 1 is 1.06 bits per heavy atom. The van der Waals surface area contributed by atoms with Crippen LogP contribution in [0, 0.1) is 0 Å². The first-order chi connectivity index (χ1) is 7.26. The summed E-state index contributed by atoms with van der Waals surface area (Å²) in [7, 11) is 4.63. The van der Waals surface area contributed by atoms with Crippen molar-refractivity contribution in [3.8, 4) is 17.2 Å². The van der Waals surface area contributed by atoms with Crippen LogP contribution in [0.1, 0.15) is 5.56 Å². The van der Waals surface area contributed by atoms with Crippen molar-refractivity contribution in [2.45, 2.75) is 6.42 Å². The van der Waals surface area contributed by atoms with E-state index >= 15 is 0 Å². The Morgan fingerprint density at radius 3 is 1.88 bits per heavy atom. The third kappa shape index (κ3) is 3.03. The Hall–Kier alpha value is -1.42. The van der Waals surface area contributed by atoms with Gasteiger partial charge in [-0.1, -0.05) is 0 Å². The van der Waals surface area contributed by atoms with Crippen LogP contribution < -0.4 is 14.2 Å². The molecular weight excluding hydrogens is 232 g/mol. The molecule has 0 aliphatic heterocycles. The number of carbonyl (C=O) groups is 1. The molecule has 0 fully saturated rings. The highest BCUT2D eigenvalue weighted by Crippen LogP contribution is 2.38. The van der Waals surface area contributed by atoms with E-state index in [1.165, 1.54) is 0 Å². The first-order valence-corrected chi connectivity index (χ1v) is 4.49. The summed E-state index contributed by atoms with van der Waals surface area (Å²) in [5.41, 5.74) is 0.833. The summed E-state index contributed by atoms with van der Waals surface area (Å²) < 4.78 is 15.4. The lowest BCUT2D eigenvalue weighted by Crippen LogP contribution is -1.97. The van der Waals surface area contributed by atoms with Gasteiger partial charge in [-0.3, -0.25) is 0 Å². The first kappa shape index (κ1) is 14.6. The van der Waals surface area contributed by atoms with Crippen LogP contribution in [-0.2, 0) is 11.2 Å². The Bertz CT molecular complexity index is 327. The minimum Gasteiger partial charge on any atom is -0.493 e. The summed E-state index contributed by atoms with van der Waals surface area (Å²) in [6.07, 6.45) is 1.16. The van der Waals surface area contributed by atoms with Crippen LogP contribution in [0.2, 0.25) is 0 Å². The zero-order valence-corrected chi connectivity index (χ0v) is 10.3. The van der Waals surface area contributed by atoms with Gasteiger partial charge in [0.05, 0.1) is 21.3 Å². The molecule has 0 spiro atoms. The van der Waals surface area contributed by atoms with Gasteiger partial charge in [0.1, 0.15) is 6.29 Å². The second-order valence-corrected chi connectivity index (χ2v) is 2.90. The van der Waals surface area contributed by atoms with Crippen molar-refractivity contribution in [3.05, 3.63) is 17.7 Å². The predicted molar refractivity (Wildman–Crippen MR) is 63.1 cm³/mol. The summed E-state index contributed by atoms with van der Waals surface area (Å²) in [5, 5.41) is 0. The zero-order chi connectivity index (χ0) is 11.3. The van der Waals surface area contributed by atoms with Gasteiger partial charge >= 0.3 is 0 Å². The molecule has 4 nitrogen and oxygen atoms in total. The van der Waals surface area contributed by atoms with Gasteiger partial charge in [0, 0.05) is 6.42 Å². The van der Waals surface area contributed by atoms with Gasteiger partial charge in [0.2, 0.25) is 5.75 Å². The Morgan fingerprint density at radius 2 is 1.56 bits per heavy atom. The van der Waals surface area contributed by atoms with E-state index in [-0.39, 0.29) is 12.4 Å². The molecule has 90 valence electrons. The first-order valence-electron chi connectivity index (χ1n) is 4.49. The lowest BCUT2D eigenvalue weighted by Gasteiger charge is -2.13. The molecule has 0 saturated heterocycles. The Balaban J connectivity index is 0.00000225. The molecule has 0 aliphatic carbocycles. The number of methoxy groups -OCH3 is 3. The van der Waals surface area contributed by atoms with Crippen LogP contribution in [0.4, 0.5) is 0 Å². The van der Waals surface area contributed by atoms with E-state index in [1.807, 2.05) is 0 Å². The standard InChI is InChI=1S/C11H14O4.ClH/c1-13-9-6-8(4-5-12)7-10(14-2)11(9)15-3;/h5-7H,4H2,1-3H3;1H. The molecule has 0 N–H and O–H groups in total. The van der Waals surface area contributed by atoms with Gasteiger partial charge < -0.3 is 19.0 Å². The van der Waals surface area contributed by atoms with E-state index in [2.05, 4.69) is 0 Å². The maximum Gasteiger partial charge on any atom is 0.203 e. The maximum absolute atomic E-state index is 10.4. The monoisotopic (exact) mass is 246 g/mol. The fourth-order valence-corrected chi connectivity index (χ4v) is 1.35. The number of ether oxygens (including phenoxy) is 3. The summed E-state index contributed by atoms with van der Waals surface area (Å²) in [4.78, 5) is 10.4. The highest BCUT2D eigenvalue weighted by molar-refractivity contribution is 5.85. The molecule has 0 unspecified atom stereocenters. The SMILES string of the molecule is COc1cc(CC=O)cc(OC)c1OC.Cl. The van der Waals surface area contributed by atoms with E-state index in [1.54, 1.807) is 33.5 Å². The molecule has 0 amide bonds. The summed E-state index contributed by atoms with van der Waals surface area (Å²) in [6.45, 7) is 0. The average molecular weight is 247 g/mol. The smallest absolute Gasteiger partial charge is 0.203 e. The summed E-state index contributed by atoms with van der Waals surface area (Å²) in [5.74, 6) is 1.66. The van der Waals surface area contributed by atoms with Crippen LogP contribution >= 0.6 is 12.4 Å². The van der Waals surface area contributed by atoms with Crippen molar-refractivity contribution < 1.29 is 19.0 Å². The van der Waals surface area contributed by atoms with Crippen molar-refractivity contribution in [2.75, 3.05) is 21.3 Å². The molecular formula is C11H15ClO4. The van der Waals surface area contributed by atoms with E-state index in [0.29, 0.717) is 23.7 Å². The predicted octanol–water partition coefficient (Wildman–Crippen LogP) is 1.88. The van der Waals surface area contributed by atoms with Gasteiger partial charge in [-0.2, -0.15) is 0 Å². The topological polar surface area (TPSA) is 44.8 Å². The minimum absolute atomic E-state index is 0. The number of benzene rings is 1. The van der Waals surface area contributed by atoms with Gasteiger partial charge in [-0.05, 0) is 17.7 Å². The van der Waals surface area contributed by atoms with Gasteiger partial charge in [-0.15, -0.1) is 12.4 Å². The highest BCUT2D eigenvalue weighted by Gasteiger charge is 2.12. The van der Waals surface area contributed by atoms with Crippen molar-refractivity contribution in [2.24, 2.45) is 0 Å². The molecule has 1 rings (SSSR count). The molecule has 1 aromatic carbocycles. The summed E-state index contributed by atoms with van der Waals surface area (Å²) >= 11 is 0. The maximum atomic E-state index is 10.4. The van der Waals surface area contributed by atoms with Crippen molar-refractivity contribution in [1.82, 2.24) is 0 Å². The van der Waals surface area contributed by atoms with Crippen LogP contribution in [0.3, 0.4) is 0 Å². The Kier molecular flexibility index (Phi) is 6.34. The highest BCUT2D eigenvalue weighted by atomic mass is 35.5. The van der Waals surface area contributed by atoms with Crippen LogP contribution in [-0.4, -0.2) is 27.6 Å². The number of halogens is 1. The minimum atomic E-state index is 0. The van der Waals surface area contributed by atoms with Crippen LogP contribution in [0.25, 0.3) is 0 Å². The van der Waals surface area contributed by atoms with E-state index < -0.39 is 0 Å². The third-order valence-corrected chi connectivity index (χ3v) is 2.04. The van der Waals surface area contributed by atoms with Gasteiger partial charge in [0.15, 0.2) is 11.5 Å². The van der Waals surface area contributed by atoms with E-state index in [9.17, 15) is 4.79 Å². The van der Waals surface area contributed by atoms with Crippen molar-refractivity contribution in [1.29, 1.82) is 0 Å². The third-order valence-electron chi connectivity index (χ3n) is 2.04. The van der Waals surface area contributed by atoms with Gasteiger partial charge in [-0.25, -0.2) is 0 Å². The van der Waals surface area contributed by atoms with E-state index in [0.717, 1.165) is 11.8 Å². The molecule has 16 heavy (non-hydrogen) atoms. The number of carbonyl (C=O) groups excluding carboxylic acids is 1. The summed E-state index contributed by atoms with van der Waals surface area (Å²) in [6, 6.07) is 3.52. The molecule has 0 aromatic heterocycles. The largest absolute Gasteiger partial charge is 0.493 e. The molecule has 0 aliphatic rings. The lowest BCUT2D eigenvalue weighted by atomic mass is 10.1. The van der Waals surface area contributed by atoms with Crippen LogP contribution in [0.15, 0.2) is 12.1 Å². The molecule has 0 heterocycles. The molecule has 0 atom stereocenters. The molecule has 5 heteroatoms. The number of hydrogen-bond acceptors (Lipinski definition) is 4. The molecule has 1 aromatic rings. The normalized spacial score (nSPS) is 8.94. The van der Waals surface area contributed by atoms with E-state index in [4.69, 9.17) is 14.2 Å². The van der Waals surface area contributed by atoms with Crippen LogP contribution in [0.5, 0.6) is 17.2 Å². The number of rotatable bonds is 5. The fraction of sp³-hybridized carbons (Fsp3) is 0.364. The van der Waals surface area contributed by atoms with Crippen molar-refractivity contribution >= 4 is 18.7 Å². The number of hydrogen-bond donors (Lipinski definition) is 0. The molecule has 0 bridgehead atoms. The average Bonchev–Trinajstić information content (AvgIpc) is 2.28. The quantitative estimate of drug-likeness (QED) is 0.744. The lowest BCUT2D eigenvalue weighted by molar-refractivity contribution is -0.107. The number of aldehydes is 1. The zero-order valence-electron chi connectivity index (χ0n) is 9.48. The second-order valence-electron chi connectivity index (χ2n) is 2.90. The fourth-order valence-electron chi connectivity index (χ4n) is 1.35. The van der Waals surface area contributed by atoms with Crippen molar-refractivity contribution in [3.63, 3.8) is 0 Å².